The van der Waals surface area contributed by atoms with E-state index in [0.29, 0.717) is 0 Å². The zero-order chi connectivity index (χ0) is 19.0. The third kappa shape index (κ3) is 3.52. The molecule has 2 heterocycles. The summed E-state index contributed by atoms with van der Waals surface area (Å²) in [4.78, 5) is 2.50. The van der Waals surface area contributed by atoms with Crippen molar-refractivity contribution in [2.75, 3.05) is 6.54 Å². The van der Waals surface area contributed by atoms with Gasteiger partial charge in [-0.2, -0.15) is 0 Å². The molecular weight excluding hydrogens is 334 g/mol. The summed E-state index contributed by atoms with van der Waals surface area (Å²) in [5.74, 6) is 0.908. The lowest BCUT2D eigenvalue weighted by molar-refractivity contribution is 0.185. The third-order valence-electron chi connectivity index (χ3n) is 5.29. The maximum atomic E-state index is 4.47. The van der Waals surface area contributed by atoms with Crippen molar-refractivity contribution in [3.63, 3.8) is 0 Å². The quantitative estimate of drug-likeness (QED) is 0.710. The van der Waals surface area contributed by atoms with Gasteiger partial charge < -0.3 is 0 Å². The minimum atomic E-state index is -0.171. The van der Waals surface area contributed by atoms with Crippen molar-refractivity contribution >= 4 is 0 Å². The molecule has 5 nitrogen and oxygen atoms in total. The van der Waals surface area contributed by atoms with E-state index in [9.17, 15) is 0 Å². The minimum Gasteiger partial charge on any atom is -0.285 e. The molecule has 3 aromatic rings. The number of hydrogen-bond donors (Lipinski definition) is 0. The molecule has 0 unspecified atom stereocenters. The highest BCUT2D eigenvalue weighted by atomic mass is 15.6. The molecule has 0 amide bonds. The van der Waals surface area contributed by atoms with Crippen LogP contribution in [0.2, 0.25) is 0 Å². The second-order valence-electron chi connectivity index (χ2n) is 8.42. The van der Waals surface area contributed by atoms with E-state index in [-0.39, 0.29) is 11.6 Å². The summed E-state index contributed by atoms with van der Waals surface area (Å²) in [6.07, 6.45) is 1.05. The van der Waals surface area contributed by atoms with Gasteiger partial charge in [0.05, 0.1) is 11.6 Å². The highest BCUT2D eigenvalue weighted by Crippen LogP contribution is 2.33. The number of nitrogens with zero attached hydrogens (tertiary/aromatic N) is 5. The SMILES string of the molecule is Cc1ccc([C@@H](c2nnnn2C(C)(C)C)N2CCc3ccccc3C2)cc1. The van der Waals surface area contributed by atoms with Crippen molar-refractivity contribution in [2.24, 2.45) is 0 Å². The smallest absolute Gasteiger partial charge is 0.173 e. The number of aryl methyl sites for hydroxylation is 1. The first-order chi connectivity index (χ1) is 12.9. The lowest BCUT2D eigenvalue weighted by Gasteiger charge is -2.36. The van der Waals surface area contributed by atoms with Crippen LogP contribution < -0.4 is 0 Å². The van der Waals surface area contributed by atoms with Crippen LogP contribution in [0.3, 0.4) is 0 Å². The molecule has 0 fully saturated rings. The number of tetrazole rings is 1. The fourth-order valence-electron chi connectivity index (χ4n) is 3.85. The summed E-state index contributed by atoms with van der Waals surface area (Å²) < 4.78 is 1.97. The zero-order valence-corrected chi connectivity index (χ0v) is 16.6. The predicted molar refractivity (Wildman–Crippen MR) is 106 cm³/mol. The molecular formula is C22H27N5. The molecule has 2 aromatic carbocycles. The molecule has 0 aliphatic carbocycles. The Kier molecular flexibility index (Phi) is 4.56. The Morgan fingerprint density at radius 2 is 1.67 bits per heavy atom. The maximum Gasteiger partial charge on any atom is 0.173 e. The number of aromatic nitrogens is 4. The Balaban J connectivity index is 1.78. The van der Waals surface area contributed by atoms with Crippen LogP contribution in [-0.2, 0) is 18.5 Å². The minimum absolute atomic E-state index is 0.0354. The molecule has 140 valence electrons. The van der Waals surface area contributed by atoms with E-state index < -0.39 is 0 Å². The van der Waals surface area contributed by atoms with Gasteiger partial charge in [-0.3, -0.25) is 4.90 Å². The first-order valence-electron chi connectivity index (χ1n) is 9.59. The van der Waals surface area contributed by atoms with Crippen molar-refractivity contribution in [1.29, 1.82) is 0 Å². The standard InChI is InChI=1S/C22H27N5/c1-16-9-11-18(12-10-16)20(21-23-24-25-27(21)22(2,3)4)26-14-13-17-7-5-6-8-19(17)15-26/h5-12,20H,13-15H2,1-4H3/t20-/m0/s1. The first kappa shape index (κ1) is 17.9. The van der Waals surface area contributed by atoms with Crippen LogP contribution in [0.4, 0.5) is 0 Å². The van der Waals surface area contributed by atoms with Crippen molar-refractivity contribution in [1.82, 2.24) is 25.1 Å². The fourth-order valence-corrected chi connectivity index (χ4v) is 3.85. The van der Waals surface area contributed by atoms with E-state index in [2.05, 4.69) is 96.7 Å². The molecule has 1 aliphatic rings. The van der Waals surface area contributed by atoms with Crippen molar-refractivity contribution in [3.8, 4) is 0 Å². The number of benzene rings is 2. The topological polar surface area (TPSA) is 46.8 Å². The lowest BCUT2D eigenvalue weighted by Crippen LogP contribution is -2.38. The van der Waals surface area contributed by atoms with Crippen LogP contribution >= 0.6 is 0 Å². The van der Waals surface area contributed by atoms with Gasteiger partial charge in [0.15, 0.2) is 5.82 Å². The number of hydrogen-bond acceptors (Lipinski definition) is 4. The molecule has 4 rings (SSSR count). The summed E-state index contributed by atoms with van der Waals surface area (Å²) >= 11 is 0. The van der Waals surface area contributed by atoms with Crippen molar-refractivity contribution in [2.45, 2.75) is 52.2 Å². The summed E-state index contributed by atoms with van der Waals surface area (Å²) in [6, 6.07) is 17.5. The molecule has 1 atom stereocenters. The van der Waals surface area contributed by atoms with Gasteiger partial charge in [-0.15, -0.1) is 5.10 Å². The largest absolute Gasteiger partial charge is 0.285 e. The molecule has 0 saturated carbocycles. The maximum absolute atomic E-state index is 4.47. The highest BCUT2D eigenvalue weighted by Gasteiger charge is 2.32. The Labute approximate surface area is 161 Å². The molecule has 1 aliphatic heterocycles. The van der Waals surface area contributed by atoms with Gasteiger partial charge >= 0.3 is 0 Å². The molecule has 0 bridgehead atoms. The summed E-state index contributed by atoms with van der Waals surface area (Å²) in [7, 11) is 0. The van der Waals surface area contributed by atoms with E-state index in [1.807, 2.05) is 4.68 Å². The van der Waals surface area contributed by atoms with Gasteiger partial charge in [0.25, 0.3) is 0 Å². The Hall–Kier alpha value is -2.53. The number of rotatable bonds is 3. The monoisotopic (exact) mass is 361 g/mol. The van der Waals surface area contributed by atoms with Gasteiger partial charge in [0, 0.05) is 13.1 Å². The van der Waals surface area contributed by atoms with Gasteiger partial charge in [-0.25, -0.2) is 4.68 Å². The predicted octanol–water partition coefficient (Wildman–Crippen LogP) is 3.88. The normalized spacial score (nSPS) is 16.1. The van der Waals surface area contributed by atoms with Gasteiger partial charge in [0.2, 0.25) is 0 Å². The lowest BCUT2D eigenvalue weighted by atomic mass is 9.95. The van der Waals surface area contributed by atoms with Crippen LogP contribution in [0.5, 0.6) is 0 Å². The van der Waals surface area contributed by atoms with E-state index >= 15 is 0 Å². The van der Waals surface area contributed by atoms with Crippen LogP contribution in [0.15, 0.2) is 48.5 Å². The van der Waals surface area contributed by atoms with E-state index in [0.717, 1.165) is 25.3 Å². The summed E-state index contributed by atoms with van der Waals surface area (Å²) in [5.41, 5.74) is 5.18. The zero-order valence-electron chi connectivity index (χ0n) is 16.6. The molecule has 1 aromatic heterocycles. The average Bonchev–Trinajstić information content (AvgIpc) is 3.13. The summed E-state index contributed by atoms with van der Waals surface area (Å²) in [5, 5.41) is 12.8. The van der Waals surface area contributed by atoms with E-state index in [1.165, 1.54) is 22.3 Å². The van der Waals surface area contributed by atoms with Crippen LogP contribution in [0.25, 0.3) is 0 Å². The number of fused-ring (bicyclic) bond motifs is 1. The van der Waals surface area contributed by atoms with Crippen LogP contribution in [0.1, 0.15) is 54.9 Å². The van der Waals surface area contributed by atoms with Crippen LogP contribution in [0, 0.1) is 6.92 Å². The summed E-state index contributed by atoms with van der Waals surface area (Å²) in [6.45, 7) is 10.5. The van der Waals surface area contributed by atoms with Gasteiger partial charge in [-0.05, 0) is 61.2 Å². The second-order valence-corrected chi connectivity index (χ2v) is 8.42. The Morgan fingerprint density at radius 3 is 2.37 bits per heavy atom. The molecule has 27 heavy (non-hydrogen) atoms. The fraction of sp³-hybridized carbons (Fsp3) is 0.409. The highest BCUT2D eigenvalue weighted by molar-refractivity contribution is 5.32. The molecule has 0 radical (unpaired) electrons. The van der Waals surface area contributed by atoms with Gasteiger partial charge in [0.1, 0.15) is 0 Å². The average molecular weight is 361 g/mol. The molecule has 0 N–H and O–H groups in total. The molecule has 5 heteroatoms. The van der Waals surface area contributed by atoms with Crippen molar-refractivity contribution in [3.05, 3.63) is 76.6 Å². The van der Waals surface area contributed by atoms with Crippen LogP contribution in [-0.4, -0.2) is 31.7 Å². The second kappa shape index (κ2) is 6.89. The van der Waals surface area contributed by atoms with Gasteiger partial charge in [-0.1, -0.05) is 54.1 Å². The third-order valence-corrected chi connectivity index (χ3v) is 5.29. The Bertz CT molecular complexity index is 920. The molecule has 0 saturated heterocycles. The van der Waals surface area contributed by atoms with Crippen molar-refractivity contribution < 1.29 is 0 Å². The van der Waals surface area contributed by atoms with E-state index in [1.54, 1.807) is 0 Å². The Morgan fingerprint density at radius 1 is 0.963 bits per heavy atom. The van der Waals surface area contributed by atoms with E-state index in [4.69, 9.17) is 0 Å². The first-order valence-corrected chi connectivity index (χ1v) is 9.59. The molecule has 0 spiro atoms.